The molecule has 3 aromatic rings. The number of rotatable bonds is 5. The van der Waals surface area contributed by atoms with Crippen molar-refractivity contribution in [3.63, 3.8) is 0 Å². The number of hydrogen-bond donors (Lipinski definition) is 2. The minimum atomic E-state index is -0.361. The fourth-order valence-corrected chi connectivity index (χ4v) is 4.80. The van der Waals surface area contributed by atoms with Crippen molar-refractivity contribution in [2.24, 2.45) is 5.73 Å². The summed E-state index contributed by atoms with van der Waals surface area (Å²) in [5, 5.41) is 3.07. The van der Waals surface area contributed by atoms with Gasteiger partial charge in [0.25, 0.3) is 5.91 Å². The lowest BCUT2D eigenvalue weighted by molar-refractivity contribution is -0.111. The van der Waals surface area contributed by atoms with Gasteiger partial charge in [0, 0.05) is 67.5 Å². The third kappa shape index (κ3) is 4.66. The van der Waals surface area contributed by atoms with Crippen molar-refractivity contribution in [1.82, 2.24) is 19.9 Å². The maximum absolute atomic E-state index is 13.3. The monoisotopic (exact) mass is 471 g/mol. The van der Waals surface area contributed by atoms with Gasteiger partial charge < -0.3 is 20.7 Å². The summed E-state index contributed by atoms with van der Waals surface area (Å²) in [5.41, 5.74) is 9.43. The van der Waals surface area contributed by atoms with Crippen LogP contribution in [-0.2, 0) is 11.2 Å². The maximum Gasteiger partial charge on any atom is 0.261 e. The molecule has 1 unspecified atom stereocenters. The zero-order valence-corrected chi connectivity index (χ0v) is 20.2. The number of fused-ring (bicyclic) bond motifs is 1. The Bertz CT molecular complexity index is 1290. The van der Waals surface area contributed by atoms with Gasteiger partial charge in [-0.1, -0.05) is 0 Å². The van der Waals surface area contributed by atoms with Crippen molar-refractivity contribution in [2.45, 2.75) is 45.1 Å². The van der Waals surface area contributed by atoms with Gasteiger partial charge in [-0.25, -0.2) is 19.9 Å². The number of benzene rings is 1. The van der Waals surface area contributed by atoms with Crippen molar-refractivity contribution < 1.29 is 9.53 Å². The Morgan fingerprint density at radius 1 is 1.23 bits per heavy atom. The number of nitrogens with zero attached hydrogens (tertiary/aromatic N) is 5. The van der Waals surface area contributed by atoms with E-state index in [4.69, 9.17) is 10.5 Å². The van der Waals surface area contributed by atoms with E-state index in [1.807, 2.05) is 31.3 Å². The summed E-state index contributed by atoms with van der Waals surface area (Å²) in [5.74, 6) is 1.82. The Balaban J connectivity index is 1.46. The maximum atomic E-state index is 13.3. The van der Waals surface area contributed by atoms with Gasteiger partial charge in [-0.3, -0.25) is 4.79 Å². The molecule has 0 aliphatic carbocycles. The second-order valence-electron chi connectivity index (χ2n) is 9.58. The van der Waals surface area contributed by atoms with Crippen LogP contribution in [0.25, 0.3) is 5.57 Å². The molecule has 2 aliphatic heterocycles. The minimum absolute atomic E-state index is 0.212. The van der Waals surface area contributed by atoms with Crippen molar-refractivity contribution in [3.05, 3.63) is 72.0 Å². The summed E-state index contributed by atoms with van der Waals surface area (Å²) >= 11 is 0. The lowest BCUT2D eigenvalue weighted by Crippen LogP contribution is -2.24. The van der Waals surface area contributed by atoms with Gasteiger partial charge in [0.1, 0.15) is 17.2 Å². The molecule has 1 amide bonds. The average molecular weight is 472 g/mol. The van der Waals surface area contributed by atoms with Crippen molar-refractivity contribution in [3.8, 4) is 5.75 Å². The highest BCUT2D eigenvalue weighted by Gasteiger charge is 2.34. The van der Waals surface area contributed by atoms with Gasteiger partial charge in [0.05, 0.1) is 16.9 Å². The molecule has 1 saturated heterocycles. The Morgan fingerprint density at radius 2 is 2.03 bits per heavy atom. The summed E-state index contributed by atoms with van der Waals surface area (Å²) in [6.45, 7) is 7.65. The predicted molar refractivity (Wildman–Crippen MR) is 134 cm³/mol. The number of ether oxygens (including phenoxy) is 1. The minimum Gasteiger partial charge on any atom is -0.487 e. The summed E-state index contributed by atoms with van der Waals surface area (Å²) in [6.07, 6.45) is 7.93. The van der Waals surface area contributed by atoms with E-state index in [1.165, 1.54) is 6.20 Å². The Morgan fingerprint density at radius 3 is 2.77 bits per heavy atom. The zero-order chi connectivity index (χ0) is 24.6. The van der Waals surface area contributed by atoms with Gasteiger partial charge in [-0.15, -0.1) is 0 Å². The van der Waals surface area contributed by atoms with E-state index in [-0.39, 0.29) is 28.8 Å². The van der Waals surface area contributed by atoms with Crippen molar-refractivity contribution >= 4 is 22.9 Å². The van der Waals surface area contributed by atoms with Gasteiger partial charge in [-0.05, 0) is 45.4 Å². The topological polar surface area (TPSA) is 119 Å². The summed E-state index contributed by atoms with van der Waals surface area (Å²) in [4.78, 5) is 32.7. The highest BCUT2D eigenvalue weighted by atomic mass is 16.5. The van der Waals surface area contributed by atoms with E-state index >= 15 is 0 Å². The molecular formula is C26H29N7O2. The van der Waals surface area contributed by atoms with Crippen LogP contribution in [0.5, 0.6) is 5.75 Å². The first-order chi connectivity index (χ1) is 16.8. The van der Waals surface area contributed by atoms with Crippen LogP contribution >= 0.6 is 0 Å². The second-order valence-corrected chi connectivity index (χ2v) is 9.58. The van der Waals surface area contributed by atoms with E-state index in [1.54, 1.807) is 18.5 Å². The molecule has 0 spiro atoms. The third-order valence-electron chi connectivity index (χ3n) is 6.39. The van der Waals surface area contributed by atoms with Gasteiger partial charge >= 0.3 is 0 Å². The van der Waals surface area contributed by atoms with Crippen LogP contribution in [0.4, 0.5) is 11.4 Å². The number of amides is 1. The number of nitrogens with one attached hydrogen (secondary N) is 1. The fraction of sp³-hybridized carbons (Fsp3) is 0.346. The average Bonchev–Trinajstić information content (AvgIpc) is 3.43. The molecule has 1 aromatic carbocycles. The fourth-order valence-electron chi connectivity index (χ4n) is 4.80. The first kappa shape index (κ1) is 22.8. The number of hydrogen-bond acceptors (Lipinski definition) is 8. The number of nitrogens with two attached hydrogens (primary N) is 1. The number of anilines is 2. The Kier molecular flexibility index (Phi) is 5.84. The van der Waals surface area contributed by atoms with Gasteiger partial charge in [-0.2, -0.15) is 0 Å². The number of aryl methyl sites for hydroxylation is 1. The van der Waals surface area contributed by atoms with Crippen LogP contribution in [-0.4, -0.2) is 44.5 Å². The van der Waals surface area contributed by atoms with Crippen LogP contribution in [0.3, 0.4) is 0 Å². The van der Waals surface area contributed by atoms with Crippen molar-refractivity contribution in [1.29, 1.82) is 0 Å². The Hall–Kier alpha value is -4.01. The molecule has 2 aliphatic rings. The van der Waals surface area contributed by atoms with Crippen LogP contribution in [0.2, 0.25) is 0 Å². The third-order valence-corrected chi connectivity index (χ3v) is 6.39. The van der Waals surface area contributed by atoms with E-state index < -0.39 is 0 Å². The SMILES string of the molecule is Cc1nccc(C2CCN(c3cc4c(cc3NC(=O)C(=CN)c3ncccn3)CC(C)(C)O4)C2)n1. The van der Waals surface area contributed by atoms with Gasteiger partial charge in [0.2, 0.25) is 0 Å². The van der Waals surface area contributed by atoms with E-state index in [0.717, 1.165) is 54.4 Å². The van der Waals surface area contributed by atoms with Crippen LogP contribution in [0.15, 0.2) is 49.1 Å². The molecule has 0 radical (unpaired) electrons. The molecular weight excluding hydrogens is 442 g/mol. The molecule has 4 heterocycles. The zero-order valence-electron chi connectivity index (χ0n) is 20.2. The van der Waals surface area contributed by atoms with Crippen LogP contribution < -0.4 is 20.7 Å². The summed E-state index contributed by atoms with van der Waals surface area (Å²) in [6, 6.07) is 7.73. The first-order valence-corrected chi connectivity index (χ1v) is 11.7. The normalized spacial score (nSPS) is 18.8. The number of carbonyl (C=O) groups is 1. The second kappa shape index (κ2) is 8.98. The predicted octanol–water partition coefficient (Wildman–Crippen LogP) is 3.22. The molecule has 2 aromatic heterocycles. The first-order valence-electron chi connectivity index (χ1n) is 11.7. The quantitative estimate of drug-likeness (QED) is 0.545. The van der Waals surface area contributed by atoms with E-state index in [0.29, 0.717) is 5.69 Å². The molecule has 180 valence electrons. The summed E-state index contributed by atoms with van der Waals surface area (Å²) in [7, 11) is 0. The number of aromatic nitrogens is 4. The smallest absolute Gasteiger partial charge is 0.261 e. The van der Waals surface area contributed by atoms with Crippen LogP contribution in [0.1, 0.15) is 49.1 Å². The molecule has 1 fully saturated rings. The molecule has 35 heavy (non-hydrogen) atoms. The molecule has 0 saturated carbocycles. The molecule has 0 bridgehead atoms. The summed E-state index contributed by atoms with van der Waals surface area (Å²) < 4.78 is 6.21. The molecule has 9 heteroatoms. The Labute approximate surface area is 204 Å². The highest BCUT2D eigenvalue weighted by molar-refractivity contribution is 6.24. The van der Waals surface area contributed by atoms with E-state index in [2.05, 4.69) is 44.0 Å². The lowest BCUT2D eigenvalue weighted by Gasteiger charge is -2.24. The molecule has 9 nitrogen and oxygen atoms in total. The largest absolute Gasteiger partial charge is 0.487 e. The van der Waals surface area contributed by atoms with Gasteiger partial charge in [0.15, 0.2) is 5.82 Å². The van der Waals surface area contributed by atoms with Crippen molar-refractivity contribution in [2.75, 3.05) is 23.3 Å². The highest BCUT2D eigenvalue weighted by Crippen LogP contribution is 2.43. The van der Waals surface area contributed by atoms with Crippen LogP contribution in [0, 0.1) is 6.92 Å². The lowest BCUT2D eigenvalue weighted by atomic mass is 10.0. The molecule has 3 N–H and O–H groups in total. The van der Waals surface area contributed by atoms with E-state index in [9.17, 15) is 4.79 Å². The number of carbonyl (C=O) groups excluding carboxylic acids is 1. The molecule has 1 atom stereocenters. The molecule has 5 rings (SSSR count). The standard InChI is InChI=1S/C26H29N7O2/c1-16-28-9-5-20(31-16)17-6-10-33(15-17)22-12-23-18(13-26(2,3)35-23)11-21(22)32-25(34)19(14-27)24-29-7-4-8-30-24/h4-5,7-9,11-12,14,17H,6,10,13,15,27H2,1-3H3,(H,32,34).